The summed E-state index contributed by atoms with van der Waals surface area (Å²) in [5, 5.41) is 2.95. The summed E-state index contributed by atoms with van der Waals surface area (Å²) in [4.78, 5) is 0. The molecule has 0 saturated carbocycles. The van der Waals surface area contributed by atoms with E-state index < -0.39 is 5.67 Å². The molecule has 12 heavy (non-hydrogen) atoms. The number of likely N-dealkylation sites (N-methyl/N-ethyl adjacent to an activating group) is 1. The first-order valence-corrected chi connectivity index (χ1v) is 4.03. The van der Waals surface area contributed by atoms with Crippen molar-refractivity contribution in [1.29, 1.82) is 0 Å². The molecule has 1 unspecified atom stereocenters. The Hall–Kier alpha value is -0.540. The quantitative estimate of drug-likeness (QED) is 0.794. The Morgan fingerprint density at radius 3 is 2.75 bits per heavy atom. The van der Waals surface area contributed by atoms with Gasteiger partial charge in [0.15, 0.2) is 10.9 Å². The minimum absolute atomic E-state index is 0.205. The number of rotatable bonds is 3. The Morgan fingerprint density at radius 1 is 1.67 bits per heavy atom. The number of hydrogen-bond donors (Lipinski definition) is 1. The molecule has 4 heteroatoms. The molecule has 0 aliphatic carbocycles. The third kappa shape index (κ3) is 1.99. The largest absolute Gasteiger partial charge is 0.446 e. The van der Waals surface area contributed by atoms with E-state index in [1.165, 1.54) is 13.0 Å². The van der Waals surface area contributed by atoms with Gasteiger partial charge in [0.25, 0.3) is 0 Å². The predicted molar refractivity (Wildman–Crippen MR) is 46.1 cm³/mol. The number of nitrogens with one attached hydrogen (secondary N) is 1. The van der Waals surface area contributed by atoms with Crippen LogP contribution in [0.1, 0.15) is 12.7 Å². The van der Waals surface area contributed by atoms with Gasteiger partial charge in [-0.25, -0.2) is 4.39 Å². The monoisotopic (exact) mass is 191 g/mol. The molecular weight excluding hydrogens is 181 g/mol. The van der Waals surface area contributed by atoms with E-state index in [9.17, 15) is 4.39 Å². The van der Waals surface area contributed by atoms with Gasteiger partial charge in [0.1, 0.15) is 5.76 Å². The van der Waals surface area contributed by atoms with Gasteiger partial charge in [-0.05, 0) is 37.7 Å². The van der Waals surface area contributed by atoms with Crippen LogP contribution in [0.4, 0.5) is 4.39 Å². The van der Waals surface area contributed by atoms with E-state index in [1.807, 2.05) is 0 Å². The average molecular weight is 192 g/mol. The molecule has 68 valence electrons. The number of halogens is 2. The first-order chi connectivity index (χ1) is 5.56. The molecule has 1 aromatic heterocycles. The van der Waals surface area contributed by atoms with Crippen LogP contribution in [0.5, 0.6) is 0 Å². The van der Waals surface area contributed by atoms with Gasteiger partial charge in [0.05, 0.1) is 0 Å². The van der Waals surface area contributed by atoms with Gasteiger partial charge < -0.3 is 9.73 Å². The SMILES string of the molecule is CNCC(C)(F)c1ccc(Cl)o1. The van der Waals surface area contributed by atoms with E-state index in [4.69, 9.17) is 16.0 Å². The minimum Gasteiger partial charge on any atom is -0.446 e. The van der Waals surface area contributed by atoms with Gasteiger partial charge in [-0.2, -0.15) is 0 Å². The molecule has 1 rings (SSSR count). The van der Waals surface area contributed by atoms with Crippen molar-refractivity contribution < 1.29 is 8.81 Å². The van der Waals surface area contributed by atoms with Crippen LogP contribution in [0.3, 0.4) is 0 Å². The summed E-state index contributed by atoms with van der Waals surface area (Å²) in [6.07, 6.45) is 0. The summed E-state index contributed by atoms with van der Waals surface area (Å²) in [6, 6.07) is 3.07. The summed E-state index contributed by atoms with van der Waals surface area (Å²) in [5.74, 6) is 0.252. The standard InChI is InChI=1S/C8H11ClFNO/c1-8(10,5-11-2)6-3-4-7(9)12-6/h3-4,11H,5H2,1-2H3. The molecule has 0 bridgehead atoms. The van der Waals surface area contributed by atoms with Gasteiger partial charge in [-0.1, -0.05) is 0 Å². The molecule has 0 amide bonds. The topological polar surface area (TPSA) is 25.2 Å². The fraction of sp³-hybridized carbons (Fsp3) is 0.500. The highest BCUT2D eigenvalue weighted by Gasteiger charge is 2.28. The van der Waals surface area contributed by atoms with Crippen LogP contribution in [0.25, 0.3) is 0 Å². The number of alkyl halides is 1. The van der Waals surface area contributed by atoms with Gasteiger partial charge >= 0.3 is 0 Å². The lowest BCUT2D eigenvalue weighted by molar-refractivity contribution is 0.153. The van der Waals surface area contributed by atoms with Crippen LogP contribution < -0.4 is 5.32 Å². The molecule has 1 N–H and O–H groups in total. The fourth-order valence-electron chi connectivity index (χ4n) is 1.01. The highest BCUT2D eigenvalue weighted by atomic mass is 35.5. The molecule has 1 atom stereocenters. The Morgan fingerprint density at radius 2 is 2.33 bits per heavy atom. The zero-order chi connectivity index (χ0) is 9.19. The van der Waals surface area contributed by atoms with Crippen molar-refractivity contribution in [1.82, 2.24) is 5.32 Å². The third-order valence-electron chi connectivity index (χ3n) is 1.60. The number of hydrogen-bond acceptors (Lipinski definition) is 2. The molecule has 0 spiro atoms. The summed E-state index contributed by atoms with van der Waals surface area (Å²) < 4.78 is 18.6. The van der Waals surface area contributed by atoms with Crippen LogP contribution in [-0.4, -0.2) is 13.6 Å². The van der Waals surface area contributed by atoms with Crippen molar-refractivity contribution in [3.63, 3.8) is 0 Å². The molecule has 0 aliphatic heterocycles. The average Bonchev–Trinajstić information content (AvgIpc) is 2.36. The van der Waals surface area contributed by atoms with E-state index in [0.29, 0.717) is 0 Å². The van der Waals surface area contributed by atoms with Crippen LogP contribution in [0.2, 0.25) is 5.22 Å². The van der Waals surface area contributed by atoms with Crippen molar-refractivity contribution >= 4 is 11.6 Å². The van der Waals surface area contributed by atoms with Gasteiger partial charge in [-0.3, -0.25) is 0 Å². The molecule has 2 nitrogen and oxygen atoms in total. The maximum absolute atomic E-state index is 13.6. The van der Waals surface area contributed by atoms with Crippen LogP contribution in [-0.2, 0) is 5.67 Å². The van der Waals surface area contributed by atoms with Gasteiger partial charge in [0.2, 0.25) is 0 Å². The zero-order valence-electron chi connectivity index (χ0n) is 7.03. The Kier molecular flexibility index (Phi) is 2.75. The van der Waals surface area contributed by atoms with Crippen LogP contribution in [0, 0.1) is 0 Å². The third-order valence-corrected chi connectivity index (χ3v) is 1.80. The van der Waals surface area contributed by atoms with E-state index in [0.717, 1.165) is 0 Å². The Balaban J connectivity index is 2.81. The Bertz CT molecular complexity index is 259. The first-order valence-electron chi connectivity index (χ1n) is 3.65. The van der Waals surface area contributed by atoms with Crippen molar-refractivity contribution in [2.75, 3.05) is 13.6 Å². The maximum atomic E-state index is 13.6. The van der Waals surface area contributed by atoms with E-state index in [2.05, 4.69) is 5.32 Å². The first kappa shape index (κ1) is 9.55. The molecular formula is C8H11ClFNO. The second-order valence-corrected chi connectivity index (χ2v) is 3.20. The lowest BCUT2D eigenvalue weighted by Gasteiger charge is -2.16. The van der Waals surface area contributed by atoms with E-state index in [1.54, 1.807) is 13.1 Å². The van der Waals surface area contributed by atoms with Crippen molar-refractivity contribution in [3.05, 3.63) is 23.1 Å². The normalized spacial score (nSPS) is 16.0. The molecule has 0 aliphatic rings. The molecule has 0 saturated heterocycles. The molecule has 1 heterocycles. The van der Waals surface area contributed by atoms with Crippen LogP contribution >= 0.6 is 11.6 Å². The highest BCUT2D eigenvalue weighted by Crippen LogP contribution is 2.27. The summed E-state index contributed by atoms with van der Waals surface area (Å²) in [7, 11) is 1.68. The predicted octanol–water partition coefficient (Wildman–Crippen LogP) is 2.34. The van der Waals surface area contributed by atoms with Crippen molar-refractivity contribution in [2.45, 2.75) is 12.6 Å². The second kappa shape index (κ2) is 3.46. The second-order valence-electron chi connectivity index (χ2n) is 2.83. The van der Waals surface area contributed by atoms with E-state index >= 15 is 0 Å². The highest BCUT2D eigenvalue weighted by molar-refractivity contribution is 6.28. The van der Waals surface area contributed by atoms with Crippen molar-refractivity contribution in [2.24, 2.45) is 0 Å². The molecule has 1 aromatic rings. The fourth-order valence-corrected chi connectivity index (χ4v) is 1.16. The maximum Gasteiger partial charge on any atom is 0.193 e. The summed E-state index contributed by atoms with van der Waals surface area (Å²) in [5.41, 5.74) is -1.50. The molecule has 0 radical (unpaired) electrons. The van der Waals surface area contributed by atoms with Crippen molar-refractivity contribution in [3.8, 4) is 0 Å². The van der Waals surface area contributed by atoms with Crippen LogP contribution in [0.15, 0.2) is 16.5 Å². The molecule has 0 aromatic carbocycles. The summed E-state index contributed by atoms with van der Waals surface area (Å²) >= 11 is 5.51. The lowest BCUT2D eigenvalue weighted by atomic mass is 10.1. The minimum atomic E-state index is -1.50. The smallest absolute Gasteiger partial charge is 0.193 e. The Labute approximate surface area is 75.7 Å². The van der Waals surface area contributed by atoms with Gasteiger partial charge in [-0.15, -0.1) is 0 Å². The summed E-state index contributed by atoms with van der Waals surface area (Å²) in [6.45, 7) is 1.65. The lowest BCUT2D eigenvalue weighted by Crippen LogP contribution is -2.28. The molecule has 0 fully saturated rings. The zero-order valence-corrected chi connectivity index (χ0v) is 7.78. The number of furan rings is 1. The van der Waals surface area contributed by atoms with E-state index in [-0.39, 0.29) is 17.5 Å². The van der Waals surface area contributed by atoms with Gasteiger partial charge in [0, 0.05) is 6.54 Å².